The fourth-order valence-corrected chi connectivity index (χ4v) is 2.56. The van der Waals surface area contributed by atoms with Gasteiger partial charge < -0.3 is 0 Å². The second-order valence-corrected chi connectivity index (χ2v) is 5.32. The highest BCUT2D eigenvalue weighted by atomic mass is 32.2. The zero-order valence-electron chi connectivity index (χ0n) is 8.16. The van der Waals surface area contributed by atoms with Crippen LogP contribution >= 0.6 is 0 Å². The van der Waals surface area contributed by atoms with E-state index >= 15 is 0 Å². The summed E-state index contributed by atoms with van der Waals surface area (Å²) in [6.45, 7) is 2.10. The predicted octanol–water partition coefficient (Wildman–Crippen LogP) is 0.252. The molecule has 14 heavy (non-hydrogen) atoms. The van der Waals surface area contributed by atoms with E-state index in [0.717, 1.165) is 12.8 Å². The van der Waals surface area contributed by atoms with Gasteiger partial charge in [0.05, 0.1) is 6.07 Å². The molecule has 0 aliphatic heterocycles. The lowest BCUT2D eigenvalue weighted by atomic mass is 9.79. The summed E-state index contributed by atoms with van der Waals surface area (Å²) in [5.41, 5.74) is -0.972. The summed E-state index contributed by atoms with van der Waals surface area (Å²) in [6.07, 6.45) is 2.80. The van der Waals surface area contributed by atoms with Crippen LogP contribution in [-0.2, 0) is 10.2 Å². The Balaban J connectivity index is 2.75. The Bertz CT molecular complexity index is 336. The molecule has 6 heteroatoms. The van der Waals surface area contributed by atoms with Crippen molar-refractivity contribution in [3.63, 3.8) is 0 Å². The molecule has 0 bridgehead atoms. The van der Waals surface area contributed by atoms with Gasteiger partial charge >= 0.3 is 0 Å². The van der Waals surface area contributed by atoms with E-state index in [9.17, 15) is 8.42 Å². The molecule has 1 saturated carbocycles. The number of nitrogens with zero attached hydrogens (tertiary/aromatic N) is 1. The minimum atomic E-state index is -3.78. The Morgan fingerprint density at radius 2 is 2.00 bits per heavy atom. The summed E-state index contributed by atoms with van der Waals surface area (Å²) in [6, 6.07) is 2.02. The smallest absolute Gasteiger partial charge is 0.216 e. The zero-order chi connectivity index (χ0) is 10.8. The van der Waals surface area contributed by atoms with Gasteiger partial charge in [0.25, 0.3) is 10.2 Å². The lowest BCUT2D eigenvalue weighted by Crippen LogP contribution is -2.51. The molecule has 0 unspecified atom stereocenters. The van der Waals surface area contributed by atoms with E-state index in [1.807, 2.05) is 6.07 Å². The molecule has 0 spiro atoms. The van der Waals surface area contributed by atoms with Crippen LogP contribution in [0, 0.1) is 17.2 Å². The molecule has 5 nitrogen and oxygen atoms in total. The first-order chi connectivity index (χ1) is 6.37. The first-order valence-electron chi connectivity index (χ1n) is 4.60. The van der Waals surface area contributed by atoms with E-state index in [1.165, 1.54) is 0 Å². The molecular weight excluding hydrogens is 202 g/mol. The maximum absolute atomic E-state index is 10.9. The normalized spacial score (nSPS) is 33.6. The summed E-state index contributed by atoms with van der Waals surface area (Å²) < 4.78 is 24.0. The van der Waals surface area contributed by atoms with Gasteiger partial charge in [-0.3, -0.25) is 0 Å². The minimum Gasteiger partial charge on any atom is -0.216 e. The largest absolute Gasteiger partial charge is 0.275 e. The van der Waals surface area contributed by atoms with Crippen LogP contribution in [0.3, 0.4) is 0 Å². The van der Waals surface area contributed by atoms with Crippen LogP contribution in [0.1, 0.15) is 32.6 Å². The maximum Gasteiger partial charge on any atom is 0.275 e. The van der Waals surface area contributed by atoms with E-state index in [-0.39, 0.29) is 0 Å². The van der Waals surface area contributed by atoms with Crippen molar-refractivity contribution >= 4 is 10.2 Å². The number of hydrogen-bond donors (Lipinski definition) is 2. The van der Waals surface area contributed by atoms with Gasteiger partial charge in [0.15, 0.2) is 0 Å². The van der Waals surface area contributed by atoms with Crippen LogP contribution in [0.5, 0.6) is 0 Å². The van der Waals surface area contributed by atoms with Gasteiger partial charge in [0, 0.05) is 0 Å². The quantitative estimate of drug-likeness (QED) is 0.694. The highest BCUT2D eigenvalue weighted by Gasteiger charge is 2.36. The first kappa shape index (κ1) is 11.4. The van der Waals surface area contributed by atoms with Gasteiger partial charge in [-0.2, -0.15) is 18.4 Å². The molecule has 0 radical (unpaired) electrons. The van der Waals surface area contributed by atoms with Gasteiger partial charge in [0.2, 0.25) is 0 Å². The fourth-order valence-electron chi connectivity index (χ4n) is 1.76. The highest BCUT2D eigenvalue weighted by molar-refractivity contribution is 7.87. The third-order valence-corrected chi connectivity index (χ3v) is 3.35. The summed E-state index contributed by atoms with van der Waals surface area (Å²) in [7, 11) is -3.78. The lowest BCUT2D eigenvalue weighted by Gasteiger charge is -2.33. The Hall–Kier alpha value is -0.640. The number of rotatable bonds is 2. The van der Waals surface area contributed by atoms with Crippen LogP contribution in [0.15, 0.2) is 0 Å². The van der Waals surface area contributed by atoms with Gasteiger partial charge in [0.1, 0.15) is 5.54 Å². The van der Waals surface area contributed by atoms with Crippen molar-refractivity contribution in [3.8, 4) is 6.07 Å². The van der Waals surface area contributed by atoms with E-state index in [0.29, 0.717) is 18.8 Å². The van der Waals surface area contributed by atoms with Crippen LogP contribution in [0.2, 0.25) is 0 Å². The van der Waals surface area contributed by atoms with E-state index in [2.05, 4.69) is 11.6 Å². The molecule has 1 aliphatic carbocycles. The monoisotopic (exact) mass is 217 g/mol. The summed E-state index contributed by atoms with van der Waals surface area (Å²) in [5, 5.41) is 13.8. The third kappa shape index (κ3) is 2.94. The van der Waals surface area contributed by atoms with Crippen molar-refractivity contribution in [1.82, 2.24) is 4.72 Å². The van der Waals surface area contributed by atoms with Gasteiger partial charge in [-0.25, -0.2) is 5.14 Å². The molecule has 0 aromatic rings. The second-order valence-electron chi connectivity index (χ2n) is 4.02. The Kier molecular flexibility index (Phi) is 3.14. The lowest BCUT2D eigenvalue weighted by molar-refractivity contribution is 0.278. The average Bonchev–Trinajstić information content (AvgIpc) is 2.07. The molecule has 0 saturated heterocycles. The van der Waals surface area contributed by atoms with Crippen LogP contribution in [0.25, 0.3) is 0 Å². The van der Waals surface area contributed by atoms with Crippen LogP contribution in [-0.4, -0.2) is 14.0 Å². The van der Waals surface area contributed by atoms with Crippen LogP contribution in [0.4, 0.5) is 0 Å². The van der Waals surface area contributed by atoms with E-state index in [1.54, 1.807) is 0 Å². The number of nitrogens with one attached hydrogen (secondary N) is 1. The minimum absolute atomic E-state index is 0.543. The van der Waals surface area contributed by atoms with Crippen molar-refractivity contribution in [3.05, 3.63) is 0 Å². The number of nitriles is 1. The fraction of sp³-hybridized carbons (Fsp3) is 0.875. The SMILES string of the molecule is CC1CCC(C#N)(NS(N)(=O)=O)CC1. The Labute approximate surface area is 84.5 Å². The van der Waals surface area contributed by atoms with Gasteiger partial charge in [-0.05, 0) is 31.6 Å². The summed E-state index contributed by atoms with van der Waals surface area (Å²) in [5.74, 6) is 0.554. The molecule has 80 valence electrons. The number of nitrogens with two attached hydrogens (primary N) is 1. The molecule has 0 aromatic heterocycles. The third-order valence-electron chi connectivity index (χ3n) is 2.68. The predicted molar refractivity (Wildman–Crippen MR) is 52.2 cm³/mol. The van der Waals surface area contributed by atoms with E-state index < -0.39 is 15.7 Å². The maximum atomic E-state index is 10.9. The first-order valence-corrected chi connectivity index (χ1v) is 6.14. The Morgan fingerprint density at radius 3 is 2.36 bits per heavy atom. The topological polar surface area (TPSA) is 96.0 Å². The molecule has 1 aliphatic rings. The molecule has 3 N–H and O–H groups in total. The average molecular weight is 217 g/mol. The summed E-state index contributed by atoms with van der Waals surface area (Å²) >= 11 is 0. The molecule has 0 amide bonds. The molecular formula is C8H15N3O2S. The van der Waals surface area contributed by atoms with Crippen molar-refractivity contribution in [2.24, 2.45) is 11.1 Å². The molecule has 0 heterocycles. The van der Waals surface area contributed by atoms with Crippen molar-refractivity contribution in [2.75, 3.05) is 0 Å². The van der Waals surface area contributed by atoms with Gasteiger partial charge in [-0.1, -0.05) is 6.92 Å². The van der Waals surface area contributed by atoms with Crippen LogP contribution < -0.4 is 9.86 Å². The second kappa shape index (κ2) is 3.85. The van der Waals surface area contributed by atoms with E-state index in [4.69, 9.17) is 10.4 Å². The van der Waals surface area contributed by atoms with Crippen molar-refractivity contribution < 1.29 is 8.42 Å². The number of hydrogen-bond acceptors (Lipinski definition) is 3. The van der Waals surface area contributed by atoms with Gasteiger partial charge in [-0.15, -0.1) is 0 Å². The Morgan fingerprint density at radius 1 is 1.50 bits per heavy atom. The zero-order valence-corrected chi connectivity index (χ0v) is 8.97. The molecule has 1 rings (SSSR count). The molecule has 1 fully saturated rings. The summed E-state index contributed by atoms with van der Waals surface area (Å²) in [4.78, 5) is 0. The van der Waals surface area contributed by atoms with Crippen molar-refractivity contribution in [1.29, 1.82) is 5.26 Å². The standard InChI is InChI=1S/C8H15N3O2S/c1-7-2-4-8(6-9,5-3-7)11-14(10,12)13/h7,11H,2-5H2,1H3,(H2,10,12,13). The molecule has 0 atom stereocenters. The highest BCUT2D eigenvalue weighted by Crippen LogP contribution is 2.31. The van der Waals surface area contributed by atoms with Crippen molar-refractivity contribution in [2.45, 2.75) is 38.1 Å². The molecule has 0 aromatic carbocycles.